The monoisotopic (exact) mass is 391 g/mol. The van der Waals surface area contributed by atoms with Crippen molar-refractivity contribution in [2.45, 2.75) is 20.4 Å². The maximum atomic E-state index is 14.1. The van der Waals surface area contributed by atoms with Crippen LogP contribution in [0.25, 0.3) is 11.3 Å². The number of hydrogen-bond donors (Lipinski definition) is 1. The fraction of sp³-hybridized carbons (Fsp3) is 0.304. The van der Waals surface area contributed by atoms with Crippen LogP contribution in [-0.4, -0.2) is 36.1 Å². The van der Waals surface area contributed by atoms with Crippen LogP contribution in [0.15, 0.2) is 48.5 Å². The fourth-order valence-corrected chi connectivity index (χ4v) is 3.93. The molecular formula is C23H26FN5. The summed E-state index contributed by atoms with van der Waals surface area (Å²) in [5.41, 5.74) is 11.8. The molecule has 1 aliphatic heterocycles. The van der Waals surface area contributed by atoms with Crippen LogP contribution in [0.1, 0.15) is 16.8 Å². The van der Waals surface area contributed by atoms with Crippen LogP contribution in [0, 0.1) is 19.7 Å². The zero-order chi connectivity index (χ0) is 20.4. The molecule has 0 atom stereocenters. The number of nitrogens with zero attached hydrogens (tertiary/aromatic N) is 4. The molecule has 29 heavy (non-hydrogen) atoms. The van der Waals surface area contributed by atoms with Crippen LogP contribution in [-0.2, 0) is 6.54 Å². The van der Waals surface area contributed by atoms with E-state index in [1.54, 1.807) is 6.07 Å². The van der Waals surface area contributed by atoms with Crippen LogP contribution in [0.4, 0.5) is 16.0 Å². The van der Waals surface area contributed by atoms with Crippen molar-refractivity contribution in [1.82, 2.24) is 9.97 Å². The van der Waals surface area contributed by atoms with E-state index in [9.17, 15) is 4.39 Å². The lowest BCUT2D eigenvalue weighted by atomic mass is 9.99. The van der Waals surface area contributed by atoms with Crippen molar-refractivity contribution in [3.63, 3.8) is 0 Å². The summed E-state index contributed by atoms with van der Waals surface area (Å²) in [6, 6.07) is 15.2. The maximum absolute atomic E-state index is 14.1. The Kier molecular flexibility index (Phi) is 5.45. The Balaban J connectivity index is 1.60. The first kappa shape index (κ1) is 19.3. The van der Waals surface area contributed by atoms with Crippen molar-refractivity contribution in [2.24, 2.45) is 5.73 Å². The maximum Gasteiger partial charge on any atom is 0.226 e. The van der Waals surface area contributed by atoms with Crippen molar-refractivity contribution in [3.05, 3.63) is 71.2 Å². The number of aromatic nitrogens is 2. The van der Waals surface area contributed by atoms with Crippen molar-refractivity contribution < 1.29 is 4.39 Å². The summed E-state index contributed by atoms with van der Waals surface area (Å²) in [5.74, 6) is 0.512. The highest BCUT2D eigenvalue weighted by Crippen LogP contribution is 2.28. The van der Waals surface area contributed by atoms with Crippen LogP contribution in [0.3, 0.4) is 0 Å². The van der Waals surface area contributed by atoms with Gasteiger partial charge in [-0.25, -0.2) is 14.4 Å². The summed E-state index contributed by atoms with van der Waals surface area (Å²) in [4.78, 5) is 13.8. The highest BCUT2D eigenvalue weighted by atomic mass is 19.1. The van der Waals surface area contributed by atoms with Gasteiger partial charge in [0.1, 0.15) is 5.82 Å². The highest BCUT2D eigenvalue weighted by molar-refractivity contribution is 5.68. The van der Waals surface area contributed by atoms with Crippen molar-refractivity contribution >= 4 is 11.6 Å². The zero-order valence-electron chi connectivity index (χ0n) is 16.9. The SMILES string of the molecule is Cc1cccc(C)c1-c1cc(CN)nc(N2CCN(c3ccccc3F)CC2)n1. The molecule has 2 heterocycles. The third-order valence-corrected chi connectivity index (χ3v) is 5.47. The summed E-state index contributed by atoms with van der Waals surface area (Å²) < 4.78 is 14.1. The number of rotatable bonds is 4. The zero-order valence-corrected chi connectivity index (χ0v) is 16.9. The van der Waals surface area contributed by atoms with Crippen LogP contribution in [0.2, 0.25) is 0 Å². The number of nitrogens with two attached hydrogens (primary N) is 1. The lowest BCUT2D eigenvalue weighted by Gasteiger charge is -2.36. The quantitative estimate of drug-likeness (QED) is 0.735. The molecule has 0 bridgehead atoms. The average molecular weight is 391 g/mol. The Hall–Kier alpha value is -2.99. The predicted octanol–water partition coefficient (Wildman–Crippen LogP) is 3.68. The largest absolute Gasteiger partial charge is 0.366 e. The van der Waals surface area contributed by atoms with E-state index >= 15 is 0 Å². The predicted molar refractivity (Wildman–Crippen MR) is 116 cm³/mol. The molecule has 0 aliphatic carbocycles. The number of aryl methyl sites for hydroxylation is 2. The number of para-hydroxylation sites is 1. The molecular weight excluding hydrogens is 365 g/mol. The van der Waals surface area contributed by atoms with Gasteiger partial charge in [-0.05, 0) is 43.2 Å². The highest BCUT2D eigenvalue weighted by Gasteiger charge is 2.22. The first-order valence-corrected chi connectivity index (χ1v) is 9.96. The number of benzene rings is 2. The minimum Gasteiger partial charge on any atom is -0.366 e. The second-order valence-electron chi connectivity index (χ2n) is 7.44. The Morgan fingerprint density at radius 1 is 0.897 bits per heavy atom. The third kappa shape index (κ3) is 3.93. The van der Waals surface area contributed by atoms with Crippen molar-refractivity contribution in [1.29, 1.82) is 0 Å². The van der Waals surface area contributed by atoms with E-state index in [1.807, 2.05) is 18.2 Å². The van der Waals surface area contributed by atoms with Crippen molar-refractivity contribution in [3.8, 4) is 11.3 Å². The number of hydrogen-bond acceptors (Lipinski definition) is 5. The van der Waals surface area contributed by atoms with E-state index < -0.39 is 0 Å². The minimum atomic E-state index is -0.181. The molecule has 0 unspecified atom stereocenters. The van der Waals surface area contributed by atoms with Crippen LogP contribution >= 0.6 is 0 Å². The molecule has 1 aromatic heterocycles. The van der Waals surface area contributed by atoms with Gasteiger partial charge in [-0.3, -0.25) is 0 Å². The van der Waals surface area contributed by atoms with Gasteiger partial charge in [0.25, 0.3) is 0 Å². The first-order valence-electron chi connectivity index (χ1n) is 9.96. The van der Waals surface area contributed by atoms with Gasteiger partial charge in [-0.2, -0.15) is 0 Å². The fourth-order valence-electron chi connectivity index (χ4n) is 3.93. The summed E-state index contributed by atoms with van der Waals surface area (Å²) in [6.07, 6.45) is 0. The van der Waals surface area contributed by atoms with Gasteiger partial charge in [0.2, 0.25) is 5.95 Å². The van der Waals surface area contributed by atoms with E-state index in [-0.39, 0.29) is 5.82 Å². The van der Waals surface area contributed by atoms with E-state index in [4.69, 9.17) is 10.7 Å². The molecule has 0 saturated carbocycles. The molecule has 5 nitrogen and oxygen atoms in total. The van der Waals surface area contributed by atoms with E-state index in [2.05, 4.69) is 46.8 Å². The van der Waals surface area contributed by atoms with E-state index in [0.717, 1.165) is 43.1 Å². The molecule has 4 rings (SSSR count). The van der Waals surface area contributed by atoms with Gasteiger partial charge in [0.05, 0.1) is 17.1 Å². The average Bonchev–Trinajstić information content (AvgIpc) is 2.74. The Morgan fingerprint density at radius 2 is 1.55 bits per heavy atom. The number of anilines is 2. The molecule has 1 aliphatic rings. The molecule has 2 N–H and O–H groups in total. The molecule has 1 saturated heterocycles. The first-order chi connectivity index (χ1) is 14.1. The van der Waals surface area contributed by atoms with Gasteiger partial charge < -0.3 is 15.5 Å². The number of halogens is 1. The van der Waals surface area contributed by atoms with E-state index in [1.165, 1.54) is 17.2 Å². The third-order valence-electron chi connectivity index (χ3n) is 5.47. The second kappa shape index (κ2) is 8.17. The molecule has 0 amide bonds. The van der Waals surface area contributed by atoms with Gasteiger partial charge in [0, 0.05) is 38.3 Å². The standard InChI is InChI=1S/C23H26FN5/c1-16-6-5-7-17(2)22(16)20-14-18(15-25)26-23(27-20)29-12-10-28(11-13-29)21-9-4-3-8-19(21)24/h3-9,14H,10-13,15,25H2,1-2H3. The second-order valence-corrected chi connectivity index (χ2v) is 7.44. The molecule has 1 fully saturated rings. The van der Waals surface area contributed by atoms with Gasteiger partial charge >= 0.3 is 0 Å². The lowest BCUT2D eigenvalue weighted by Crippen LogP contribution is -2.47. The van der Waals surface area contributed by atoms with Crippen molar-refractivity contribution in [2.75, 3.05) is 36.0 Å². The van der Waals surface area contributed by atoms with Gasteiger partial charge in [-0.1, -0.05) is 30.3 Å². The number of piperazine rings is 1. The summed E-state index contributed by atoms with van der Waals surface area (Å²) >= 11 is 0. The summed E-state index contributed by atoms with van der Waals surface area (Å²) in [6.45, 7) is 7.45. The minimum absolute atomic E-state index is 0.181. The Labute approximate surface area is 171 Å². The van der Waals surface area contributed by atoms with Crippen LogP contribution < -0.4 is 15.5 Å². The topological polar surface area (TPSA) is 58.3 Å². The molecule has 0 radical (unpaired) electrons. The van der Waals surface area contributed by atoms with Gasteiger partial charge in [0.15, 0.2) is 0 Å². The van der Waals surface area contributed by atoms with E-state index in [0.29, 0.717) is 18.2 Å². The molecule has 6 heteroatoms. The summed E-state index contributed by atoms with van der Waals surface area (Å²) in [5, 5.41) is 0. The molecule has 2 aromatic carbocycles. The summed E-state index contributed by atoms with van der Waals surface area (Å²) in [7, 11) is 0. The molecule has 0 spiro atoms. The smallest absolute Gasteiger partial charge is 0.226 e. The molecule has 150 valence electrons. The molecule has 3 aromatic rings. The normalized spacial score (nSPS) is 14.3. The van der Waals surface area contributed by atoms with Crippen LogP contribution in [0.5, 0.6) is 0 Å². The Morgan fingerprint density at radius 3 is 2.21 bits per heavy atom. The lowest BCUT2D eigenvalue weighted by molar-refractivity contribution is 0.593. The van der Waals surface area contributed by atoms with Gasteiger partial charge in [-0.15, -0.1) is 0 Å². The Bertz CT molecular complexity index is 992.